The molecule has 1 unspecified atom stereocenters. The van der Waals surface area contributed by atoms with E-state index in [0.717, 1.165) is 18.7 Å². The standard InChI is InChI=1S/C27H28FN3O3S/c1-4-30(5-2)15-16-31-22(18-11-13-20(28)14-12-18)21(24(33)27(31)34)23(32)25-17(3)29-26(35-25)19-9-7-6-8-10-19/h6-14,22,33H,4-5,15-16H2,1-3H3. The van der Waals surface area contributed by atoms with Crippen LogP contribution in [0.2, 0.25) is 0 Å². The number of hydrogen-bond donors (Lipinski definition) is 1. The molecule has 2 heterocycles. The van der Waals surface area contributed by atoms with E-state index in [1.54, 1.807) is 19.1 Å². The zero-order valence-electron chi connectivity index (χ0n) is 20.0. The van der Waals surface area contributed by atoms with E-state index in [1.165, 1.54) is 28.4 Å². The predicted molar refractivity (Wildman–Crippen MR) is 135 cm³/mol. The van der Waals surface area contributed by atoms with Gasteiger partial charge in [0.1, 0.15) is 10.8 Å². The topological polar surface area (TPSA) is 73.7 Å². The minimum Gasteiger partial charge on any atom is -0.503 e. The maximum absolute atomic E-state index is 13.8. The molecule has 1 atom stereocenters. The first-order chi connectivity index (χ1) is 16.8. The van der Waals surface area contributed by atoms with Crippen LogP contribution in [0.4, 0.5) is 4.39 Å². The summed E-state index contributed by atoms with van der Waals surface area (Å²) in [5, 5.41) is 11.6. The summed E-state index contributed by atoms with van der Waals surface area (Å²) in [6.45, 7) is 8.35. The Morgan fingerprint density at radius 1 is 1.11 bits per heavy atom. The number of amides is 1. The summed E-state index contributed by atoms with van der Waals surface area (Å²) in [5.74, 6) is -2.01. The molecule has 6 nitrogen and oxygen atoms in total. The molecule has 182 valence electrons. The first kappa shape index (κ1) is 24.8. The van der Waals surface area contributed by atoms with Crippen molar-refractivity contribution in [2.75, 3.05) is 26.2 Å². The third-order valence-electron chi connectivity index (χ3n) is 6.31. The summed E-state index contributed by atoms with van der Waals surface area (Å²) in [6, 6.07) is 14.4. The van der Waals surface area contributed by atoms with Crippen LogP contribution in [0.15, 0.2) is 65.9 Å². The monoisotopic (exact) mass is 493 g/mol. The summed E-state index contributed by atoms with van der Waals surface area (Å²) >= 11 is 1.23. The lowest BCUT2D eigenvalue weighted by molar-refractivity contribution is -0.129. The molecule has 4 rings (SSSR count). The van der Waals surface area contributed by atoms with Crippen molar-refractivity contribution in [3.63, 3.8) is 0 Å². The largest absolute Gasteiger partial charge is 0.503 e. The highest BCUT2D eigenvalue weighted by atomic mass is 32.1. The fraction of sp³-hybridized carbons (Fsp3) is 0.296. The average molecular weight is 494 g/mol. The Hall–Kier alpha value is -3.36. The van der Waals surface area contributed by atoms with E-state index >= 15 is 0 Å². The highest BCUT2D eigenvalue weighted by Crippen LogP contribution is 2.40. The first-order valence-corrected chi connectivity index (χ1v) is 12.5. The van der Waals surface area contributed by atoms with Crippen LogP contribution in [0.5, 0.6) is 0 Å². The molecule has 1 aromatic heterocycles. The van der Waals surface area contributed by atoms with Gasteiger partial charge in [-0.2, -0.15) is 0 Å². The van der Waals surface area contributed by atoms with Gasteiger partial charge in [-0.1, -0.05) is 56.3 Å². The molecule has 0 aliphatic carbocycles. The Kier molecular flexibility index (Phi) is 7.42. The van der Waals surface area contributed by atoms with Gasteiger partial charge in [0.25, 0.3) is 5.91 Å². The van der Waals surface area contributed by atoms with Gasteiger partial charge < -0.3 is 14.9 Å². The number of thiazole rings is 1. The molecule has 0 saturated carbocycles. The minimum atomic E-state index is -0.812. The van der Waals surface area contributed by atoms with Crippen LogP contribution in [0.3, 0.4) is 0 Å². The molecule has 1 N–H and O–H groups in total. The van der Waals surface area contributed by atoms with E-state index in [9.17, 15) is 19.1 Å². The molecule has 35 heavy (non-hydrogen) atoms. The van der Waals surface area contributed by atoms with Gasteiger partial charge in [-0.25, -0.2) is 9.37 Å². The SMILES string of the molecule is CCN(CC)CCN1C(=O)C(O)=C(C(=O)c2sc(-c3ccccc3)nc2C)C1c1ccc(F)cc1. The quantitative estimate of drug-likeness (QED) is 0.416. The van der Waals surface area contributed by atoms with Gasteiger partial charge >= 0.3 is 0 Å². The molecule has 1 aliphatic heterocycles. The molecule has 0 radical (unpaired) electrons. The van der Waals surface area contributed by atoms with Crippen molar-refractivity contribution in [3.8, 4) is 10.6 Å². The molecule has 0 fully saturated rings. The van der Waals surface area contributed by atoms with Gasteiger partial charge in [-0.3, -0.25) is 9.59 Å². The average Bonchev–Trinajstić information content (AvgIpc) is 3.38. The van der Waals surface area contributed by atoms with Gasteiger partial charge in [-0.05, 0) is 37.7 Å². The number of Topliss-reactive ketones (excluding diaryl/α,β-unsaturated/α-hetero) is 1. The summed E-state index contributed by atoms with van der Waals surface area (Å²) < 4.78 is 13.7. The highest BCUT2D eigenvalue weighted by molar-refractivity contribution is 7.17. The lowest BCUT2D eigenvalue weighted by Crippen LogP contribution is -2.38. The van der Waals surface area contributed by atoms with Crippen LogP contribution in [-0.4, -0.2) is 57.8 Å². The minimum absolute atomic E-state index is 0.00696. The van der Waals surface area contributed by atoms with E-state index in [4.69, 9.17) is 0 Å². The number of halogens is 1. The fourth-order valence-corrected chi connectivity index (χ4v) is 5.36. The van der Waals surface area contributed by atoms with Crippen molar-refractivity contribution in [2.45, 2.75) is 26.8 Å². The lowest BCUT2D eigenvalue weighted by Gasteiger charge is -2.29. The number of aliphatic hydroxyl groups is 1. The molecule has 1 aliphatic rings. The fourth-order valence-electron chi connectivity index (χ4n) is 4.33. The summed E-state index contributed by atoms with van der Waals surface area (Å²) in [4.78, 5) is 35.6. The first-order valence-electron chi connectivity index (χ1n) is 11.6. The molecule has 1 amide bonds. The number of carbonyl (C=O) groups is 2. The van der Waals surface area contributed by atoms with E-state index in [2.05, 4.69) is 9.88 Å². The molecule has 0 bridgehead atoms. The Morgan fingerprint density at radius 2 is 1.77 bits per heavy atom. The third kappa shape index (κ3) is 4.90. The van der Waals surface area contributed by atoms with Crippen LogP contribution in [0, 0.1) is 12.7 Å². The van der Waals surface area contributed by atoms with Crippen molar-refractivity contribution in [1.82, 2.24) is 14.8 Å². The van der Waals surface area contributed by atoms with E-state index in [1.807, 2.05) is 44.2 Å². The predicted octanol–water partition coefficient (Wildman–Crippen LogP) is 5.18. The molecule has 0 saturated heterocycles. The van der Waals surface area contributed by atoms with Crippen LogP contribution < -0.4 is 0 Å². The number of benzene rings is 2. The summed E-state index contributed by atoms with van der Waals surface area (Å²) in [7, 11) is 0. The number of aromatic nitrogens is 1. The number of likely N-dealkylation sites (N-methyl/N-ethyl adjacent to an activating group) is 1. The van der Waals surface area contributed by atoms with E-state index in [0.29, 0.717) is 34.2 Å². The Bertz CT molecular complexity index is 1250. The van der Waals surface area contributed by atoms with E-state index in [-0.39, 0.29) is 5.57 Å². The Balaban J connectivity index is 1.74. The van der Waals surface area contributed by atoms with Gasteiger partial charge in [0.05, 0.1) is 22.2 Å². The van der Waals surface area contributed by atoms with Crippen LogP contribution in [-0.2, 0) is 4.79 Å². The molecular formula is C27H28FN3O3S. The van der Waals surface area contributed by atoms with Crippen LogP contribution >= 0.6 is 11.3 Å². The van der Waals surface area contributed by atoms with Gasteiger partial charge in [0.15, 0.2) is 5.76 Å². The number of hydrogen-bond acceptors (Lipinski definition) is 6. The maximum atomic E-state index is 13.8. The number of nitrogens with zero attached hydrogens (tertiary/aromatic N) is 3. The Labute approximate surface area is 208 Å². The smallest absolute Gasteiger partial charge is 0.290 e. The highest BCUT2D eigenvalue weighted by Gasteiger charge is 2.44. The molecule has 3 aromatic rings. The third-order valence-corrected chi connectivity index (χ3v) is 7.51. The van der Waals surface area contributed by atoms with Crippen molar-refractivity contribution in [1.29, 1.82) is 0 Å². The number of carbonyl (C=O) groups excluding carboxylic acids is 2. The molecular weight excluding hydrogens is 465 g/mol. The molecule has 2 aromatic carbocycles. The van der Waals surface area contributed by atoms with Crippen molar-refractivity contribution in [2.24, 2.45) is 0 Å². The van der Waals surface area contributed by atoms with Crippen LogP contribution in [0.1, 0.15) is 40.8 Å². The number of aryl methyl sites for hydroxylation is 1. The lowest BCUT2D eigenvalue weighted by atomic mass is 9.95. The second-order valence-corrected chi connectivity index (χ2v) is 9.37. The second-order valence-electron chi connectivity index (χ2n) is 8.37. The number of rotatable bonds is 9. The zero-order chi connectivity index (χ0) is 25.1. The van der Waals surface area contributed by atoms with Crippen molar-refractivity contribution in [3.05, 3.63) is 87.9 Å². The number of aliphatic hydroxyl groups excluding tert-OH is 1. The molecule has 0 spiro atoms. The molecule has 8 heteroatoms. The van der Waals surface area contributed by atoms with Crippen molar-refractivity contribution < 1.29 is 19.1 Å². The second kappa shape index (κ2) is 10.5. The van der Waals surface area contributed by atoms with Crippen LogP contribution in [0.25, 0.3) is 10.6 Å². The summed E-state index contributed by atoms with van der Waals surface area (Å²) in [5.41, 5.74) is 1.99. The number of ketones is 1. The van der Waals surface area contributed by atoms with E-state index < -0.39 is 29.3 Å². The van der Waals surface area contributed by atoms with Gasteiger partial charge in [-0.15, -0.1) is 11.3 Å². The maximum Gasteiger partial charge on any atom is 0.290 e. The zero-order valence-corrected chi connectivity index (χ0v) is 20.8. The van der Waals surface area contributed by atoms with Crippen molar-refractivity contribution >= 4 is 23.0 Å². The van der Waals surface area contributed by atoms with Gasteiger partial charge in [0, 0.05) is 18.7 Å². The summed E-state index contributed by atoms with van der Waals surface area (Å²) in [6.07, 6.45) is 0. The normalized spacial score (nSPS) is 16.0. The van der Waals surface area contributed by atoms with Gasteiger partial charge in [0.2, 0.25) is 5.78 Å². The Morgan fingerprint density at radius 3 is 2.40 bits per heavy atom.